The molecular weight excluding hydrogens is 451 g/mol. The molecule has 0 radical (unpaired) electrons. The van der Waals surface area contributed by atoms with Crippen molar-refractivity contribution in [3.05, 3.63) is 71.2 Å². The van der Waals surface area contributed by atoms with Crippen molar-refractivity contribution < 1.29 is 4.74 Å². The van der Waals surface area contributed by atoms with E-state index in [1.165, 1.54) is 11.3 Å². The highest BCUT2D eigenvalue weighted by molar-refractivity contribution is 7.22. The van der Waals surface area contributed by atoms with Crippen LogP contribution in [0.1, 0.15) is 0 Å². The Morgan fingerprint density at radius 3 is 2.45 bits per heavy atom. The van der Waals surface area contributed by atoms with Gasteiger partial charge < -0.3 is 9.30 Å². The van der Waals surface area contributed by atoms with Crippen molar-refractivity contribution in [1.29, 1.82) is 0 Å². The SMILES string of the molecule is COc1ccc(-c2c(-c3ccccc3Cl)sc3nc(-c4cn(C)cn4)nc(Cl)c23)cc1. The van der Waals surface area contributed by atoms with Crippen LogP contribution in [0.4, 0.5) is 0 Å². The van der Waals surface area contributed by atoms with Crippen LogP contribution in [-0.2, 0) is 7.05 Å². The minimum absolute atomic E-state index is 0.381. The average Bonchev–Trinajstić information content (AvgIpc) is 3.38. The van der Waals surface area contributed by atoms with Gasteiger partial charge in [-0.3, -0.25) is 0 Å². The van der Waals surface area contributed by atoms with Gasteiger partial charge in [-0.15, -0.1) is 11.3 Å². The third-order valence-corrected chi connectivity index (χ3v) is 6.66. The number of aryl methyl sites for hydroxylation is 1. The Bertz CT molecular complexity index is 1410. The zero-order valence-electron chi connectivity index (χ0n) is 16.6. The number of hydrogen-bond acceptors (Lipinski definition) is 5. The van der Waals surface area contributed by atoms with Crippen LogP contribution in [0.15, 0.2) is 61.1 Å². The van der Waals surface area contributed by atoms with E-state index in [0.29, 0.717) is 21.7 Å². The van der Waals surface area contributed by atoms with E-state index in [4.69, 9.17) is 32.9 Å². The first-order chi connectivity index (χ1) is 15.0. The van der Waals surface area contributed by atoms with Gasteiger partial charge in [0.05, 0.1) is 18.8 Å². The predicted octanol–water partition coefficient (Wildman–Crippen LogP) is 6.74. The zero-order chi connectivity index (χ0) is 21.5. The molecule has 154 valence electrons. The number of ether oxygens (including phenoxy) is 1. The van der Waals surface area contributed by atoms with Gasteiger partial charge >= 0.3 is 0 Å². The summed E-state index contributed by atoms with van der Waals surface area (Å²) in [6, 6.07) is 15.6. The number of benzene rings is 2. The Morgan fingerprint density at radius 2 is 1.77 bits per heavy atom. The van der Waals surface area contributed by atoms with Crippen molar-refractivity contribution in [2.75, 3.05) is 7.11 Å². The molecule has 0 fully saturated rings. The van der Waals surface area contributed by atoms with Crippen molar-refractivity contribution in [3.63, 3.8) is 0 Å². The Morgan fingerprint density at radius 1 is 1.00 bits per heavy atom. The summed E-state index contributed by atoms with van der Waals surface area (Å²) in [5, 5.41) is 1.84. The lowest BCUT2D eigenvalue weighted by molar-refractivity contribution is 0.415. The number of halogens is 2. The topological polar surface area (TPSA) is 52.8 Å². The number of methoxy groups -OCH3 is 1. The lowest BCUT2D eigenvalue weighted by Crippen LogP contribution is -1.91. The molecule has 0 atom stereocenters. The van der Waals surface area contributed by atoms with Gasteiger partial charge in [-0.2, -0.15) is 0 Å². The third kappa shape index (κ3) is 3.57. The molecule has 5 aromatic rings. The number of aromatic nitrogens is 4. The van der Waals surface area contributed by atoms with E-state index in [1.807, 2.05) is 66.3 Å². The molecule has 0 spiro atoms. The lowest BCUT2D eigenvalue weighted by atomic mass is 10.00. The number of fused-ring (bicyclic) bond motifs is 1. The molecular formula is C23H16Cl2N4OS. The summed E-state index contributed by atoms with van der Waals surface area (Å²) >= 11 is 14.8. The number of nitrogens with zero attached hydrogens (tertiary/aromatic N) is 4. The van der Waals surface area contributed by atoms with E-state index in [2.05, 4.69) is 9.97 Å². The summed E-state index contributed by atoms with van der Waals surface area (Å²) in [6.45, 7) is 0. The van der Waals surface area contributed by atoms with Gasteiger partial charge in [0, 0.05) is 34.3 Å². The van der Waals surface area contributed by atoms with E-state index in [0.717, 1.165) is 37.5 Å². The quantitative estimate of drug-likeness (QED) is 0.275. The monoisotopic (exact) mass is 466 g/mol. The molecule has 5 rings (SSSR count). The van der Waals surface area contributed by atoms with E-state index in [1.54, 1.807) is 13.4 Å². The highest BCUT2D eigenvalue weighted by Gasteiger charge is 2.22. The first kappa shape index (κ1) is 20.0. The van der Waals surface area contributed by atoms with Crippen LogP contribution in [0.25, 0.3) is 43.3 Å². The van der Waals surface area contributed by atoms with E-state index >= 15 is 0 Å². The summed E-state index contributed by atoms with van der Waals surface area (Å²) in [4.78, 5) is 15.5. The Kier molecular flexibility index (Phi) is 5.14. The second-order valence-electron chi connectivity index (χ2n) is 6.96. The van der Waals surface area contributed by atoms with Crippen molar-refractivity contribution >= 4 is 44.8 Å². The maximum Gasteiger partial charge on any atom is 0.182 e. The fourth-order valence-corrected chi connectivity index (χ4v) is 5.31. The smallest absolute Gasteiger partial charge is 0.182 e. The van der Waals surface area contributed by atoms with Crippen LogP contribution < -0.4 is 4.74 Å². The second kappa shape index (κ2) is 7.96. The van der Waals surface area contributed by atoms with Crippen LogP contribution in [-0.4, -0.2) is 26.6 Å². The van der Waals surface area contributed by atoms with Gasteiger partial charge in [-0.1, -0.05) is 53.5 Å². The second-order valence-corrected chi connectivity index (χ2v) is 8.72. The molecule has 0 saturated carbocycles. The maximum atomic E-state index is 6.74. The van der Waals surface area contributed by atoms with Crippen LogP contribution in [0.3, 0.4) is 0 Å². The van der Waals surface area contributed by atoms with Crippen molar-refractivity contribution in [2.45, 2.75) is 0 Å². The number of rotatable bonds is 4. The van der Waals surface area contributed by atoms with Crippen molar-refractivity contribution in [1.82, 2.24) is 19.5 Å². The molecule has 0 aliphatic rings. The Hall–Kier alpha value is -2.93. The Balaban J connectivity index is 1.81. The summed E-state index contributed by atoms with van der Waals surface area (Å²) < 4.78 is 7.17. The van der Waals surface area contributed by atoms with Gasteiger partial charge in [0.1, 0.15) is 21.4 Å². The van der Waals surface area contributed by atoms with Crippen molar-refractivity contribution in [3.8, 4) is 38.8 Å². The lowest BCUT2D eigenvalue weighted by Gasteiger charge is -2.09. The Labute approximate surface area is 192 Å². The zero-order valence-corrected chi connectivity index (χ0v) is 19.0. The molecule has 2 aromatic carbocycles. The van der Waals surface area contributed by atoms with Crippen molar-refractivity contribution in [2.24, 2.45) is 7.05 Å². The average molecular weight is 467 g/mol. The van der Waals surface area contributed by atoms with Crippen LogP contribution in [0, 0.1) is 0 Å². The molecule has 0 N–H and O–H groups in total. The molecule has 3 aromatic heterocycles. The molecule has 0 saturated heterocycles. The van der Waals surface area contributed by atoms with Crippen LogP contribution >= 0.6 is 34.5 Å². The molecule has 0 unspecified atom stereocenters. The van der Waals surface area contributed by atoms with Gasteiger partial charge in [0.15, 0.2) is 5.82 Å². The van der Waals surface area contributed by atoms with Gasteiger partial charge in [-0.05, 0) is 23.8 Å². The molecule has 0 aliphatic heterocycles. The first-order valence-electron chi connectivity index (χ1n) is 9.43. The molecule has 0 amide bonds. The molecule has 8 heteroatoms. The predicted molar refractivity (Wildman–Crippen MR) is 127 cm³/mol. The molecule has 31 heavy (non-hydrogen) atoms. The molecule has 0 bridgehead atoms. The standard InChI is InChI=1S/C23H16Cl2N4OS/c1-29-11-17(26-12-29)22-27-21(25)19-18(13-7-9-14(30-2)10-8-13)20(31-23(19)28-22)15-5-3-4-6-16(15)24/h3-12H,1-2H3. The largest absolute Gasteiger partial charge is 0.497 e. The minimum Gasteiger partial charge on any atom is -0.497 e. The first-order valence-corrected chi connectivity index (χ1v) is 11.0. The van der Waals surface area contributed by atoms with E-state index in [9.17, 15) is 0 Å². The third-order valence-electron chi connectivity index (χ3n) is 4.94. The minimum atomic E-state index is 0.381. The molecule has 5 nitrogen and oxygen atoms in total. The van der Waals surface area contributed by atoms with E-state index in [-0.39, 0.29) is 0 Å². The van der Waals surface area contributed by atoms with Gasteiger partial charge in [-0.25, -0.2) is 15.0 Å². The normalized spacial score (nSPS) is 11.2. The summed E-state index contributed by atoms with van der Waals surface area (Å²) in [5.41, 5.74) is 3.53. The highest BCUT2D eigenvalue weighted by Crippen LogP contribution is 2.48. The molecule has 3 heterocycles. The molecule has 0 aliphatic carbocycles. The fourth-order valence-electron chi connectivity index (χ4n) is 3.47. The van der Waals surface area contributed by atoms with Crippen LogP contribution in [0.2, 0.25) is 10.2 Å². The number of hydrogen-bond donors (Lipinski definition) is 0. The van der Waals surface area contributed by atoms with Crippen LogP contribution in [0.5, 0.6) is 5.75 Å². The van der Waals surface area contributed by atoms with Gasteiger partial charge in [0.2, 0.25) is 0 Å². The fraction of sp³-hybridized carbons (Fsp3) is 0.0870. The summed E-state index contributed by atoms with van der Waals surface area (Å²) in [7, 11) is 3.55. The van der Waals surface area contributed by atoms with E-state index < -0.39 is 0 Å². The maximum absolute atomic E-state index is 6.74. The van der Waals surface area contributed by atoms with Gasteiger partial charge in [0.25, 0.3) is 0 Å². The number of imidazole rings is 1. The summed E-state index contributed by atoms with van der Waals surface area (Å²) in [6.07, 6.45) is 3.58. The number of thiophene rings is 1. The highest BCUT2D eigenvalue weighted by atomic mass is 35.5. The summed E-state index contributed by atoms with van der Waals surface area (Å²) in [5.74, 6) is 1.27.